The van der Waals surface area contributed by atoms with Crippen molar-refractivity contribution < 1.29 is 4.79 Å². The number of Topliss-reactive ketones (excluding diaryl/α,β-unsaturated/α-hetero) is 1. The summed E-state index contributed by atoms with van der Waals surface area (Å²) in [4.78, 5) is 13.0. The van der Waals surface area contributed by atoms with Gasteiger partial charge in [-0.3, -0.25) is 9.48 Å². The number of nitrogens with zero attached hydrogens (tertiary/aromatic N) is 2. The summed E-state index contributed by atoms with van der Waals surface area (Å²) in [6.45, 7) is 9.12. The number of carbonyl (C=O) groups excluding carboxylic acids is 1. The first kappa shape index (κ1) is 16.5. The minimum Gasteiger partial charge on any atom is -0.299 e. The van der Waals surface area contributed by atoms with E-state index in [0.717, 1.165) is 37.2 Å². The Bertz CT molecular complexity index is 513. The lowest BCUT2D eigenvalue weighted by Gasteiger charge is -2.29. The van der Waals surface area contributed by atoms with E-state index in [9.17, 15) is 4.79 Å². The molecule has 0 aromatic carbocycles. The Hall–Kier alpha value is -0.830. The molecule has 3 nitrogen and oxygen atoms in total. The van der Waals surface area contributed by atoms with Gasteiger partial charge in [-0.1, -0.05) is 38.3 Å². The van der Waals surface area contributed by atoms with Crippen molar-refractivity contribution in [1.82, 2.24) is 9.78 Å². The van der Waals surface area contributed by atoms with E-state index in [4.69, 9.17) is 11.6 Å². The lowest BCUT2D eigenvalue weighted by atomic mass is 9.74. The Labute approximate surface area is 133 Å². The summed E-state index contributed by atoms with van der Waals surface area (Å²) >= 11 is 6.36. The molecule has 1 aliphatic carbocycles. The number of hydrogen-bond donors (Lipinski definition) is 0. The van der Waals surface area contributed by atoms with Gasteiger partial charge in [-0.25, -0.2) is 0 Å². The van der Waals surface area contributed by atoms with Crippen LogP contribution in [0.5, 0.6) is 0 Å². The summed E-state index contributed by atoms with van der Waals surface area (Å²) in [6, 6.07) is 0. The highest BCUT2D eigenvalue weighted by Crippen LogP contribution is 2.45. The van der Waals surface area contributed by atoms with Crippen LogP contribution in [0, 0.1) is 18.3 Å². The van der Waals surface area contributed by atoms with Crippen molar-refractivity contribution in [3.05, 3.63) is 16.4 Å². The van der Waals surface area contributed by atoms with Gasteiger partial charge in [0.25, 0.3) is 0 Å². The van der Waals surface area contributed by atoms with Crippen LogP contribution in [0.15, 0.2) is 0 Å². The van der Waals surface area contributed by atoms with Gasteiger partial charge in [-0.05, 0) is 39.0 Å². The maximum absolute atomic E-state index is 13.0. The van der Waals surface area contributed by atoms with Crippen LogP contribution < -0.4 is 0 Å². The van der Waals surface area contributed by atoms with E-state index in [1.807, 2.05) is 18.5 Å². The summed E-state index contributed by atoms with van der Waals surface area (Å²) in [5.41, 5.74) is 1.61. The molecular formula is C17H27ClN2O. The number of aromatic nitrogens is 2. The molecule has 0 unspecified atom stereocenters. The van der Waals surface area contributed by atoms with Gasteiger partial charge < -0.3 is 0 Å². The molecule has 0 radical (unpaired) electrons. The van der Waals surface area contributed by atoms with Gasteiger partial charge in [0.2, 0.25) is 0 Å². The highest BCUT2D eigenvalue weighted by molar-refractivity contribution is 6.32. The van der Waals surface area contributed by atoms with E-state index in [1.165, 1.54) is 12.8 Å². The molecule has 1 fully saturated rings. The van der Waals surface area contributed by atoms with Crippen LogP contribution in [0.1, 0.15) is 64.3 Å². The molecule has 1 saturated carbocycles. The topological polar surface area (TPSA) is 34.9 Å². The van der Waals surface area contributed by atoms with Gasteiger partial charge in [-0.2, -0.15) is 5.10 Å². The van der Waals surface area contributed by atoms with Crippen LogP contribution in [-0.2, 0) is 17.8 Å². The van der Waals surface area contributed by atoms with Crippen molar-refractivity contribution in [3.63, 3.8) is 0 Å². The summed E-state index contributed by atoms with van der Waals surface area (Å²) in [5, 5.41) is 5.09. The second-order valence-electron chi connectivity index (χ2n) is 6.85. The largest absolute Gasteiger partial charge is 0.299 e. The minimum atomic E-state index is -0.117. The van der Waals surface area contributed by atoms with Crippen molar-refractivity contribution in [2.45, 2.75) is 72.8 Å². The Morgan fingerprint density at radius 2 is 2.00 bits per heavy atom. The van der Waals surface area contributed by atoms with E-state index in [2.05, 4.69) is 18.9 Å². The molecule has 0 atom stereocenters. The molecule has 21 heavy (non-hydrogen) atoms. The summed E-state index contributed by atoms with van der Waals surface area (Å²) in [7, 11) is 0. The smallest absolute Gasteiger partial charge is 0.145 e. The molecule has 0 amide bonds. The molecule has 4 heteroatoms. The number of halogens is 1. The summed E-state index contributed by atoms with van der Waals surface area (Å²) in [6.07, 6.45) is 5.88. The SMILES string of the molecule is CCn1nc(C)c(Cl)c1CC(=O)C1(CC(C)C)CCCC1. The minimum absolute atomic E-state index is 0.117. The normalized spacial score (nSPS) is 17.6. The zero-order valence-corrected chi connectivity index (χ0v) is 14.5. The highest BCUT2D eigenvalue weighted by atomic mass is 35.5. The van der Waals surface area contributed by atoms with E-state index in [1.54, 1.807) is 0 Å². The lowest BCUT2D eigenvalue weighted by molar-refractivity contribution is -0.128. The molecule has 0 saturated heterocycles. The number of ketones is 1. The van der Waals surface area contributed by atoms with Crippen LogP contribution in [0.25, 0.3) is 0 Å². The average Bonchev–Trinajstić information content (AvgIpc) is 2.99. The standard InChI is InChI=1S/C17H27ClN2O/c1-5-20-14(16(18)13(4)19-20)10-15(21)17(11-12(2)3)8-6-7-9-17/h12H,5-11H2,1-4H3. The zero-order chi connectivity index (χ0) is 15.6. The van der Waals surface area contributed by atoms with E-state index < -0.39 is 0 Å². The van der Waals surface area contributed by atoms with Crippen molar-refractivity contribution in [2.75, 3.05) is 0 Å². The van der Waals surface area contributed by atoms with E-state index in [-0.39, 0.29) is 5.41 Å². The van der Waals surface area contributed by atoms with Crippen molar-refractivity contribution in [1.29, 1.82) is 0 Å². The molecule has 1 aliphatic rings. The quantitative estimate of drug-likeness (QED) is 0.770. The molecule has 2 rings (SSSR count). The fraction of sp³-hybridized carbons (Fsp3) is 0.765. The van der Waals surface area contributed by atoms with Crippen molar-refractivity contribution in [2.24, 2.45) is 11.3 Å². The summed E-state index contributed by atoms with van der Waals surface area (Å²) in [5.74, 6) is 0.922. The van der Waals surface area contributed by atoms with E-state index in [0.29, 0.717) is 23.1 Å². The molecule has 0 N–H and O–H groups in total. The predicted molar refractivity (Wildman–Crippen MR) is 86.7 cm³/mol. The first-order chi connectivity index (χ1) is 9.89. The fourth-order valence-corrected chi connectivity index (χ4v) is 4.01. The lowest BCUT2D eigenvalue weighted by Crippen LogP contribution is -2.32. The third-order valence-corrected chi connectivity index (χ3v) is 5.22. The Kier molecular flexibility index (Phi) is 5.13. The van der Waals surface area contributed by atoms with Gasteiger partial charge in [0, 0.05) is 12.0 Å². The van der Waals surface area contributed by atoms with Crippen LogP contribution in [0.4, 0.5) is 0 Å². The molecule has 1 aromatic rings. The van der Waals surface area contributed by atoms with Crippen molar-refractivity contribution >= 4 is 17.4 Å². The van der Waals surface area contributed by atoms with Gasteiger partial charge in [0.15, 0.2) is 0 Å². The Morgan fingerprint density at radius 3 is 2.52 bits per heavy atom. The van der Waals surface area contributed by atoms with Crippen molar-refractivity contribution in [3.8, 4) is 0 Å². The first-order valence-electron chi connectivity index (χ1n) is 8.14. The molecular weight excluding hydrogens is 284 g/mol. The predicted octanol–water partition coefficient (Wildman–Crippen LogP) is 4.58. The molecule has 0 aliphatic heterocycles. The number of carbonyl (C=O) groups is 1. The maximum Gasteiger partial charge on any atom is 0.145 e. The molecule has 1 aromatic heterocycles. The van der Waals surface area contributed by atoms with E-state index >= 15 is 0 Å². The van der Waals surface area contributed by atoms with Gasteiger partial charge >= 0.3 is 0 Å². The second-order valence-corrected chi connectivity index (χ2v) is 7.23. The average molecular weight is 311 g/mol. The second kappa shape index (κ2) is 6.51. The van der Waals surface area contributed by atoms with Crippen LogP contribution in [0.3, 0.4) is 0 Å². The number of hydrogen-bond acceptors (Lipinski definition) is 2. The Morgan fingerprint density at radius 1 is 1.38 bits per heavy atom. The molecule has 0 spiro atoms. The fourth-order valence-electron chi connectivity index (χ4n) is 3.81. The third kappa shape index (κ3) is 3.33. The third-order valence-electron chi connectivity index (χ3n) is 4.73. The van der Waals surface area contributed by atoms with Crippen LogP contribution in [0.2, 0.25) is 5.02 Å². The molecule has 118 valence electrons. The van der Waals surface area contributed by atoms with Gasteiger partial charge in [-0.15, -0.1) is 0 Å². The van der Waals surface area contributed by atoms with Gasteiger partial charge in [0.1, 0.15) is 5.78 Å². The monoisotopic (exact) mass is 310 g/mol. The molecule has 0 bridgehead atoms. The molecule has 1 heterocycles. The summed E-state index contributed by atoms with van der Waals surface area (Å²) < 4.78 is 1.88. The number of rotatable bonds is 6. The van der Waals surface area contributed by atoms with Gasteiger partial charge in [0.05, 0.1) is 22.8 Å². The van der Waals surface area contributed by atoms with Crippen LogP contribution >= 0.6 is 11.6 Å². The highest BCUT2D eigenvalue weighted by Gasteiger charge is 2.41. The van der Waals surface area contributed by atoms with Crippen LogP contribution in [-0.4, -0.2) is 15.6 Å². The zero-order valence-electron chi connectivity index (χ0n) is 13.7. The maximum atomic E-state index is 13.0. The first-order valence-corrected chi connectivity index (χ1v) is 8.52. The number of aryl methyl sites for hydroxylation is 2. The Balaban J connectivity index is 2.23.